The Hall–Kier alpha value is -3.35. The first-order chi connectivity index (χ1) is 14.5. The van der Waals surface area contributed by atoms with Crippen LogP contribution in [0.2, 0.25) is 0 Å². The number of aliphatic carboxylic acids is 1. The number of amides is 2. The van der Waals surface area contributed by atoms with E-state index in [9.17, 15) is 14.4 Å². The van der Waals surface area contributed by atoms with Crippen molar-refractivity contribution >= 4 is 18.0 Å². The highest BCUT2D eigenvalue weighted by atomic mass is 16.5. The van der Waals surface area contributed by atoms with Crippen molar-refractivity contribution in [2.24, 2.45) is 5.92 Å². The zero-order valence-corrected chi connectivity index (χ0v) is 16.5. The molecule has 2 aromatic rings. The molecular weight excluding hydrogens is 384 g/mol. The van der Waals surface area contributed by atoms with Crippen LogP contribution in [0.3, 0.4) is 0 Å². The molecule has 30 heavy (non-hydrogen) atoms. The molecule has 7 heteroatoms. The van der Waals surface area contributed by atoms with Gasteiger partial charge in [-0.05, 0) is 41.5 Å². The molecule has 0 bridgehead atoms. The van der Waals surface area contributed by atoms with Crippen molar-refractivity contribution in [3.05, 3.63) is 59.7 Å². The van der Waals surface area contributed by atoms with E-state index in [1.807, 2.05) is 24.3 Å². The Kier molecular flexibility index (Phi) is 5.70. The molecule has 0 aliphatic heterocycles. The highest BCUT2D eigenvalue weighted by Crippen LogP contribution is 2.44. The molecule has 2 amide bonds. The van der Waals surface area contributed by atoms with E-state index < -0.39 is 12.1 Å². The van der Waals surface area contributed by atoms with Gasteiger partial charge < -0.3 is 20.5 Å². The maximum absolute atomic E-state index is 12.4. The summed E-state index contributed by atoms with van der Waals surface area (Å²) in [5, 5.41) is 13.9. The van der Waals surface area contributed by atoms with E-state index in [-0.39, 0.29) is 36.9 Å². The number of ether oxygens (including phenoxy) is 1. The fourth-order valence-corrected chi connectivity index (χ4v) is 4.46. The molecule has 7 nitrogen and oxygen atoms in total. The first-order valence-corrected chi connectivity index (χ1v) is 10.1. The highest BCUT2D eigenvalue weighted by molar-refractivity contribution is 5.83. The summed E-state index contributed by atoms with van der Waals surface area (Å²) in [4.78, 5) is 34.9. The average molecular weight is 408 g/mol. The van der Waals surface area contributed by atoms with Crippen LogP contribution in [0.5, 0.6) is 0 Å². The summed E-state index contributed by atoms with van der Waals surface area (Å²) < 4.78 is 5.55. The monoisotopic (exact) mass is 408 g/mol. The number of carboxylic acid groups (broad SMARTS) is 1. The number of alkyl carbamates (subject to hydrolysis) is 1. The number of hydrogen-bond acceptors (Lipinski definition) is 4. The quantitative estimate of drug-likeness (QED) is 0.682. The second-order valence-corrected chi connectivity index (χ2v) is 7.79. The van der Waals surface area contributed by atoms with Crippen molar-refractivity contribution in [3.63, 3.8) is 0 Å². The van der Waals surface area contributed by atoms with Gasteiger partial charge in [-0.2, -0.15) is 0 Å². The van der Waals surface area contributed by atoms with E-state index in [0.29, 0.717) is 19.3 Å². The predicted molar refractivity (Wildman–Crippen MR) is 110 cm³/mol. The first-order valence-electron chi connectivity index (χ1n) is 10.1. The number of carbonyl (C=O) groups is 3. The summed E-state index contributed by atoms with van der Waals surface area (Å²) in [6, 6.07) is 16.2. The van der Waals surface area contributed by atoms with E-state index >= 15 is 0 Å². The molecule has 2 aliphatic rings. The van der Waals surface area contributed by atoms with E-state index in [1.54, 1.807) is 0 Å². The van der Waals surface area contributed by atoms with Crippen LogP contribution >= 0.6 is 0 Å². The fourth-order valence-electron chi connectivity index (χ4n) is 4.46. The van der Waals surface area contributed by atoms with Crippen molar-refractivity contribution in [2.75, 3.05) is 13.2 Å². The summed E-state index contributed by atoms with van der Waals surface area (Å²) in [7, 11) is 0. The number of rotatable bonds is 6. The van der Waals surface area contributed by atoms with Gasteiger partial charge in [0, 0.05) is 17.9 Å². The lowest BCUT2D eigenvalue weighted by Gasteiger charge is -2.17. The Morgan fingerprint density at radius 1 is 0.967 bits per heavy atom. The summed E-state index contributed by atoms with van der Waals surface area (Å²) in [6.07, 6.45) is 1.26. The fraction of sp³-hybridized carbons (Fsp3) is 0.348. The third-order valence-electron chi connectivity index (χ3n) is 5.88. The van der Waals surface area contributed by atoms with Crippen LogP contribution in [-0.2, 0) is 14.3 Å². The first kappa shape index (κ1) is 19.9. The molecular formula is C23H24N2O5. The van der Waals surface area contributed by atoms with E-state index in [2.05, 4.69) is 34.9 Å². The van der Waals surface area contributed by atoms with Crippen LogP contribution in [0.25, 0.3) is 11.1 Å². The zero-order chi connectivity index (χ0) is 21.1. The molecule has 0 unspecified atom stereocenters. The molecule has 2 aliphatic carbocycles. The number of hydrogen-bond donors (Lipinski definition) is 3. The molecule has 0 heterocycles. The van der Waals surface area contributed by atoms with Gasteiger partial charge in [0.1, 0.15) is 13.2 Å². The van der Waals surface area contributed by atoms with Crippen LogP contribution in [0.15, 0.2) is 48.5 Å². The van der Waals surface area contributed by atoms with Gasteiger partial charge in [0.25, 0.3) is 0 Å². The van der Waals surface area contributed by atoms with Crippen LogP contribution in [0.1, 0.15) is 36.3 Å². The van der Waals surface area contributed by atoms with Gasteiger partial charge in [-0.1, -0.05) is 48.5 Å². The van der Waals surface area contributed by atoms with Crippen molar-refractivity contribution in [1.29, 1.82) is 0 Å². The highest BCUT2D eigenvalue weighted by Gasteiger charge is 2.32. The Morgan fingerprint density at radius 3 is 2.23 bits per heavy atom. The Balaban J connectivity index is 1.31. The molecule has 1 fully saturated rings. The molecule has 1 saturated carbocycles. The predicted octanol–water partition coefficient (Wildman–Crippen LogP) is 2.89. The van der Waals surface area contributed by atoms with Gasteiger partial charge in [-0.25, -0.2) is 4.79 Å². The zero-order valence-electron chi connectivity index (χ0n) is 16.5. The number of fused-ring (bicyclic) bond motifs is 3. The summed E-state index contributed by atoms with van der Waals surface area (Å²) >= 11 is 0. The molecule has 0 aromatic heterocycles. The number of benzene rings is 2. The lowest BCUT2D eigenvalue weighted by Crippen LogP contribution is -2.36. The number of carboxylic acids is 1. The van der Waals surface area contributed by atoms with Crippen molar-refractivity contribution in [1.82, 2.24) is 10.6 Å². The van der Waals surface area contributed by atoms with Crippen LogP contribution < -0.4 is 10.6 Å². The Bertz CT molecular complexity index is 928. The van der Waals surface area contributed by atoms with E-state index in [4.69, 9.17) is 9.84 Å². The summed E-state index contributed by atoms with van der Waals surface area (Å²) in [5.74, 6) is -1.64. The molecule has 2 aromatic carbocycles. The van der Waals surface area contributed by atoms with Crippen molar-refractivity contribution in [3.8, 4) is 11.1 Å². The molecule has 156 valence electrons. The van der Waals surface area contributed by atoms with Gasteiger partial charge in [-0.3, -0.25) is 9.59 Å². The lowest BCUT2D eigenvalue weighted by molar-refractivity contribution is -0.138. The van der Waals surface area contributed by atoms with Crippen LogP contribution in [0, 0.1) is 5.92 Å². The molecule has 3 N–H and O–H groups in total. The van der Waals surface area contributed by atoms with Gasteiger partial charge in [0.2, 0.25) is 5.91 Å². The number of nitrogens with one attached hydrogen (secondary N) is 2. The Labute approximate surface area is 174 Å². The van der Waals surface area contributed by atoms with Gasteiger partial charge in [-0.15, -0.1) is 0 Å². The van der Waals surface area contributed by atoms with Crippen LogP contribution in [0.4, 0.5) is 4.79 Å². The van der Waals surface area contributed by atoms with E-state index in [1.165, 1.54) is 11.1 Å². The summed E-state index contributed by atoms with van der Waals surface area (Å²) in [5.41, 5.74) is 4.66. The normalized spacial score (nSPS) is 19.6. The minimum atomic E-state index is -1.07. The number of carbonyl (C=O) groups excluding carboxylic acids is 2. The molecule has 0 saturated heterocycles. The van der Waals surface area contributed by atoms with Crippen molar-refractivity contribution < 1.29 is 24.2 Å². The topological polar surface area (TPSA) is 105 Å². The average Bonchev–Trinajstić information content (AvgIpc) is 3.33. The third-order valence-corrected chi connectivity index (χ3v) is 5.88. The second-order valence-electron chi connectivity index (χ2n) is 7.79. The van der Waals surface area contributed by atoms with Gasteiger partial charge in [0.15, 0.2) is 0 Å². The molecule has 2 atom stereocenters. The second kappa shape index (κ2) is 8.57. The van der Waals surface area contributed by atoms with Gasteiger partial charge in [0.05, 0.1) is 0 Å². The minimum absolute atomic E-state index is 0.00118. The molecule has 0 spiro atoms. The maximum Gasteiger partial charge on any atom is 0.407 e. The maximum atomic E-state index is 12.4. The SMILES string of the molecule is O=C(O)CNC(=O)[C@H]1CC[C@@H](NC(=O)OCC2c3ccccc3-c3ccccc32)C1. The van der Waals surface area contributed by atoms with Crippen molar-refractivity contribution in [2.45, 2.75) is 31.2 Å². The van der Waals surface area contributed by atoms with Gasteiger partial charge >= 0.3 is 12.1 Å². The molecule has 4 rings (SSSR count). The van der Waals surface area contributed by atoms with E-state index in [0.717, 1.165) is 11.1 Å². The third kappa shape index (κ3) is 4.15. The minimum Gasteiger partial charge on any atom is -0.480 e. The lowest BCUT2D eigenvalue weighted by atomic mass is 9.98. The Morgan fingerprint density at radius 2 is 1.60 bits per heavy atom. The molecule has 0 radical (unpaired) electrons. The van der Waals surface area contributed by atoms with Crippen LogP contribution in [-0.4, -0.2) is 42.3 Å². The standard InChI is InChI=1S/C23H24N2O5/c26-21(27)12-24-22(28)14-9-10-15(11-14)25-23(29)30-13-20-18-7-3-1-5-16(18)17-6-2-4-8-19(17)20/h1-8,14-15,20H,9-13H2,(H,24,28)(H,25,29)(H,26,27)/t14-,15+/m0/s1. The smallest absolute Gasteiger partial charge is 0.407 e. The summed E-state index contributed by atoms with van der Waals surface area (Å²) in [6.45, 7) is -0.144. The largest absolute Gasteiger partial charge is 0.480 e.